The number of hydrogen-bond donors (Lipinski definition) is 3. The van der Waals surface area contributed by atoms with Crippen LogP contribution in [0.3, 0.4) is 0 Å². The van der Waals surface area contributed by atoms with Gasteiger partial charge in [-0.15, -0.1) is 0 Å². The number of aryl methyl sites for hydroxylation is 1. The first-order valence-electron chi connectivity index (χ1n) is 12.7. The minimum atomic E-state index is -1.04. The third kappa shape index (κ3) is 5.56. The molecule has 8 nitrogen and oxygen atoms in total. The highest BCUT2D eigenvalue weighted by Crippen LogP contribution is 2.39. The van der Waals surface area contributed by atoms with E-state index >= 15 is 0 Å². The summed E-state index contributed by atoms with van der Waals surface area (Å²) in [5.41, 5.74) is 1.75. The second kappa shape index (κ2) is 10.4. The van der Waals surface area contributed by atoms with Crippen LogP contribution in [0.5, 0.6) is 17.2 Å². The number of nitrogens with one attached hydrogen (secondary N) is 2. The summed E-state index contributed by atoms with van der Waals surface area (Å²) < 4.78 is 14.0. The highest BCUT2D eigenvalue weighted by molar-refractivity contribution is 5.96. The van der Waals surface area contributed by atoms with Crippen molar-refractivity contribution in [3.8, 4) is 28.4 Å². The number of piperazine rings is 1. The molecule has 5 rings (SSSR count). The van der Waals surface area contributed by atoms with Gasteiger partial charge in [0.05, 0.1) is 5.60 Å². The van der Waals surface area contributed by atoms with Crippen molar-refractivity contribution in [1.82, 2.24) is 19.8 Å². The molecule has 1 saturated heterocycles. The Hall–Kier alpha value is -3.59. The number of aliphatic hydroxyl groups is 1. The number of nitrogens with zero attached hydrogens (tertiary/aromatic N) is 2. The number of aromatic nitrogens is 2. The Morgan fingerprint density at radius 3 is 2.59 bits per heavy atom. The van der Waals surface area contributed by atoms with Crippen LogP contribution in [-0.4, -0.2) is 58.9 Å². The molecular formula is C29H34N4O4. The Labute approximate surface area is 216 Å². The first-order chi connectivity index (χ1) is 17.8. The van der Waals surface area contributed by atoms with Crippen LogP contribution in [0.4, 0.5) is 0 Å². The Bertz CT molecular complexity index is 1440. The number of aromatic amines is 1. The summed E-state index contributed by atoms with van der Waals surface area (Å²) in [4.78, 5) is 18.1. The van der Waals surface area contributed by atoms with Gasteiger partial charge in [-0.1, -0.05) is 12.1 Å². The molecule has 1 aliphatic rings. The molecule has 0 atom stereocenters. The third-order valence-electron chi connectivity index (χ3n) is 6.79. The Kier molecular flexibility index (Phi) is 7.06. The molecule has 0 unspecified atom stereocenters. The molecule has 1 aliphatic heterocycles. The van der Waals surface area contributed by atoms with Gasteiger partial charge in [0.1, 0.15) is 29.4 Å². The molecule has 3 heterocycles. The maximum atomic E-state index is 12.6. The highest BCUT2D eigenvalue weighted by Gasteiger charge is 2.21. The first kappa shape index (κ1) is 25.1. The fourth-order valence-corrected chi connectivity index (χ4v) is 4.68. The topological polar surface area (TPSA) is 91.8 Å². The summed E-state index contributed by atoms with van der Waals surface area (Å²) in [6, 6.07) is 15.2. The van der Waals surface area contributed by atoms with Crippen molar-refractivity contribution >= 4 is 10.9 Å². The van der Waals surface area contributed by atoms with Gasteiger partial charge >= 0.3 is 0 Å². The van der Waals surface area contributed by atoms with Crippen molar-refractivity contribution in [2.24, 2.45) is 7.05 Å². The number of rotatable bonds is 8. The van der Waals surface area contributed by atoms with E-state index in [-0.39, 0.29) is 5.56 Å². The molecule has 0 radical (unpaired) electrons. The molecule has 0 saturated carbocycles. The van der Waals surface area contributed by atoms with E-state index < -0.39 is 5.60 Å². The zero-order valence-electron chi connectivity index (χ0n) is 21.6. The summed E-state index contributed by atoms with van der Waals surface area (Å²) >= 11 is 0. The van der Waals surface area contributed by atoms with Crippen LogP contribution in [0, 0.1) is 0 Å². The quantitative estimate of drug-likeness (QED) is 0.339. The molecule has 194 valence electrons. The summed E-state index contributed by atoms with van der Waals surface area (Å²) in [7, 11) is 1.73. The maximum absolute atomic E-state index is 12.6. The summed E-state index contributed by atoms with van der Waals surface area (Å²) in [5.74, 6) is 2.01. The van der Waals surface area contributed by atoms with E-state index in [2.05, 4.69) is 15.2 Å². The van der Waals surface area contributed by atoms with Gasteiger partial charge in [0.2, 0.25) is 0 Å². The SMILES string of the molecule is Cn1cc(-c2cc(C(C)(C)O)ccc2Oc2cccc(OCCN3CCNCC3)c2)c2cc[nH]c2c1=O. The summed E-state index contributed by atoms with van der Waals surface area (Å²) in [6.45, 7) is 9.10. The van der Waals surface area contributed by atoms with E-state index in [4.69, 9.17) is 9.47 Å². The van der Waals surface area contributed by atoms with E-state index in [9.17, 15) is 9.90 Å². The maximum Gasteiger partial charge on any atom is 0.274 e. The summed E-state index contributed by atoms with van der Waals surface area (Å²) in [5, 5.41) is 14.9. The van der Waals surface area contributed by atoms with Gasteiger partial charge in [-0.25, -0.2) is 0 Å². The van der Waals surface area contributed by atoms with Crippen LogP contribution in [0.15, 0.2) is 65.7 Å². The minimum absolute atomic E-state index is 0.101. The number of fused-ring (bicyclic) bond motifs is 1. The zero-order chi connectivity index (χ0) is 26.0. The van der Waals surface area contributed by atoms with Crippen LogP contribution in [-0.2, 0) is 12.6 Å². The van der Waals surface area contributed by atoms with Crippen LogP contribution in [0.25, 0.3) is 22.0 Å². The molecule has 0 aliphatic carbocycles. The number of hydrogen-bond acceptors (Lipinski definition) is 6. The largest absolute Gasteiger partial charge is 0.492 e. The van der Waals surface area contributed by atoms with Crippen LogP contribution in [0.2, 0.25) is 0 Å². The fraction of sp³-hybridized carbons (Fsp3) is 0.345. The zero-order valence-corrected chi connectivity index (χ0v) is 21.6. The van der Waals surface area contributed by atoms with Crippen LogP contribution in [0.1, 0.15) is 19.4 Å². The molecule has 4 aromatic rings. The van der Waals surface area contributed by atoms with E-state index in [1.54, 1.807) is 31.7 Å². The molecule has 0 bridgehead atoms. The standard InChI is InChI=1S/C29H34N4O4/c1-29(2,35)20-7-8-26(24(17-20)25-19-32(3)28(34)27-23(25)9-10-31-27)37-22-6-4-5-21(18-22)36-16-15-33-13-11-30-12-14-33/h4-10,17-19,30-31,35H,11-16H2,1-3H3. The van der Waals surface area contributed by atoms with Gasteiger partial charge in [-0.3, -0.25) is 9.69 Å². The van der Waals surface area contributed by atoms with Gasteiger partial charge in [-0.05, 0) is 49.7 Å². The lowest BCUT2D eigenvalue weighted by Gasteiger charge is -2.26. The van der Waals surface area contributed by atoms with E-state index in [0.29, 0.717) is 23.6 Å². The molecule has 0 spiro atoms. The Morgan fingerprint density at radius 2 is 1.81 bits per heavy atom. The van der Waals surface area contributed by atoms with Gasteiger partial charge in [0.25, 0.3) is 5.56 Å². The highest BCUT2D eigenvalue weighted by atomic mass is 16.5. The number of benzene rings is 2. The lowest BCUT2D eigenvalue weighted by Crippen LogP contribution is -2.44. The Morgan fingerprint density at radius 1 is 1.03 bits per heavy atom. The van der Waals surface area contributed by atoms with Gasteiger partial charge in [0, 0.05) is 74.7 Å². The van der Waals surface area contributed by atoms with Crippen molar-refractivity contribution in [3.63, 3.8) is 0 Å². The molecule has 37 heavy (non-hydrogen) atoms. The third-order valence-corrected chi connectivity index (χ3v) is 6.79. The predicted octanol–water partition coefficient (Wildman–Crippen LogP) is 3.84. The fourth-order valence-electron chi connectivity index (χ4n) is 4.68. The van der Waals surface area contributed by atoms with E-state index in [1.165, 1.54) is 0 Å². The molecule has 3 N–H and O–H groups in total. The van der Waals surface area contributed by atoms with Crippen molar-refractivity contribution in [2.45, 2.75) is 19.4 Å². The molecule has 2 aromatic heterocycles. The van der Waals surface area contributed by atoms with Crippen molar-refractivity contribution in [2.75, 3.05) is 39.3 Å². The molecule has 1 fully saturated rings. The van der Waals surface area contributed by atoms with Crippen LogP contribution >= 0.6 is 0 Å². The van der Waals surface area contributed by atoms with Gasteiger partial charge < -0.3 is 29.4 Å². The Balaban J connectivity index is 1.45. The second-order valence-electron chi connectivity index (χ2n) is 10.0. The smallest absolute Gasteiger partial charge is 0.274 e. The second-order valence-corrected chi connectivity index (χ2v) is 10.0. The van der Waals surface area contributed by atoms with Crippen molar-refractivity contribution in [1.29, 1.82) is 0 Å². The van der Waals surface area contributed by atoms with Crippen molar-refractivity contribution in [3.05, 3.63) is 76.8 Å². The molecule has 8 heteroatoms. The average Bonchev–Trinajstić information content (AvgIpc) is 3.37. The molecular weight excluding hydrogens is 468 g/mol. The number of pyridine rings is 1. The van der Waals surface area contributed by atoms with Crippen molar-refractivity contribution < 1.29 is 14.6 Å². The van der Waals surface area contributed by atoms with Gasteiger partial charge in [-0.2, -0.15) is 0 Å². The minimum Gasteiger partial charge on any atom is -0.492 e. The lowest BCUT2D eigenvalue weighted by molar-refractivity contribution is 0.0786. The number of ether oxygens (including phenoxy) is 2. The molecule has 0 amide bonds. The van der Waals surface area contributed by atoms with Crippen LogP contribution < -0.4 is 20.3 Å². The average molecular weight is 503 g/mol. The normalized spacial score (nSPS) is 14.7. The van der Waals surface area contributed by atoms with E-state index in [0.717, 1.165) is 60.5 Å². The molecule has 2 aromatic carbocycles. The summed E-state index contributed by atoms with van der Waals surface area (Å²) in [6.07, 6.45) is 3.57. The predicted molar refractivity (Wildman–Crippen MR) is 146 cm³/mol. The lowest BCUT2D eigenvalue weighted by atomic mass is 9.93. The first-order valence-corrected chi connectivity index (χ1v) is 12.7. The van der Waals surface area contributed by atoms with Gasteiger partial charge in [0.15, 0.2) is 0 Å². The monoisotopic (exact) mass is 502 g/mol. The number of H-pyrrole nitrogens is 1. The van der Waals surface area contributed by atoms with E-state index in [1.807, 2.05) is 54.7 Å².